The van der Waals surface area contributed by atoms with Gasteiger partial charge in [-0.25, -0.2) is 9.97 Å². The molecule has 1 aliphatic heterocycles. The highest BCUT2D eigenvalue weighted by atomic mass is 16.2. The lowest BCUT2D eigenvalue weighted by molar-refractivity contribution is -0.118. The molecule has 7 nitrogen and oxygen atoms in total. The zero-order valence-corrected chi connectivity index (χ0v) is 15.4. The van der Waals surface area contributed by atoms with Crippen LogP contribution in [0.5, 0.6) is 0 Å². The number of fused-ring (bicyclic) bond motifs is 1. The van der Waals surface area contributed by atoms with E-state index >= 15 is 0 Å². The van der Waals surface area contributed by atoms with Crippen molar-refractivity contribution in [2.45, 2.75) is 19.4 Å². The average Bonchev–Trinajstić information content (AvgIpc) is 2.75. The van der Waals surface area contributed by atoms with Gasteiger partial charge >= 0.3 is 0 Å². The van der Waals surface area contributed by atoms with E-state index in [1.807, 2.05) is 25.2 Å². The molecule has 0 atom stereocenters. The van der Waals surface area contributed by atoms with Crippen molar-refractivity contribution in [2.24, 2.45) is 0 Å². The number of nitrogens with zero attached hydrogens (tertiary/aromatic N) is 4. The number of rotatable bonds is 4. The van der Waals surface area contributed by atoms with Crippen LogP contribution in [0.1, 0.15) is 27.9 Å². The number of carbonyl (C=O) groups is 2. The van der Waals surface area contributed by atoms with E-state index in [4.69, 9.17) is 0 Å². The maximum Gasteiger partial charge on any atom is 0.254 e. The molecule has 2 aromatic heterocycles. The van der Waals surface area contributed by atoms with Gasteiger partial charge < -0.3 is 10.2 Å². The first-order chi connectivity index (χ1) is 13.6. The molecule has 0 fully saturated rings. The van der Waals surface area contributed by atoms with Crippen LogP contribution in [0.2, 0.25) is 0 Å². The second-order valence-corrected chi connectivity index (χ2v) is 6.69. The van der Waals surface area contributed by atoms with Gasteiger partial charge in [-0.15, -0.1) is 0 Å². The predicted molar refractivity (Wildman–Crippen MR) is 105 cm³/mol. The molecule has 0 bridgehead atoms. The smallest absolute Gasteiger partial charge is 0.254 e. The van der Waals surface area contributed by atoms with Crippen molar-refractivity contribution in [1.29, 1.82) is 0 Å². The van der Waals surface area contributed by atoms with Gasteiger partial charge in [-0.05, 0) is 41.3 Å². The molecule has 1 aromatic carbocycles. The molecule has 0 aliphatic carbocycles. The Morgan fingerprint density at radius 3 is 2.68 bits per heavy atom. The summed E-state index contributed by atoms with van der Waals surface area (Å²) in [5.74, 6) is -0.0871. The molecule has 3 heterocycles. The van der Waals surface area contributed by atoms with Crippen LogP contribution in [0.25, 0.3) is 11.1 Å². The van der Waals surface area contributed by atoms with E-state index in [-0.39, 0.29) is 11.8 Å². The highest BCUT2D eigenvalue weighted by Crippen LogP contribution is 2.31. The normalized spacial score (nSPS) is 13.2. The molecule has 1 N–H and O–H groups in total. The van der Waals surface area contributed by atoms with E-state index in [0.29, 0.717) is 18.5 Å². The molecule has 1 aliphatic rings. The van der Waals surface area contributed by atoms with Crippen LogP contribution in [0, 0.1) is 0 Å². The van der Waals surface area contributed by atoms with E-state index in [1.165, 1.54) is 18.7 Å². The maximum atomic E-state index is 12.1. The van der Waals surface area contributed by atoms with Crippen molar-refractivity contribution in [3.63, 3.8) is 0 Å². The Kier molecular flexibility index (Phi) is 4.80. The minimum atomic E-state index is -0.229. The molecule has 7 heteroatoms. The molecule has 0 unspecified atom stereocenters. The van der Waals surface area contributed by atoms with E-state index in [1.54, 1.807) is 17.3 Å². The van der Waals surface area contributed by atoms with Crippen LogP contribution >= 0.6 is 0 Å². The first-order valence-corrected chi connectivity index (χ1v) is 8.99. The van der Waals surface area contributed by atoms with Gasteiger partial charge in [0.2, 0.25) is 5.91 Å². The number of aryl methyl sites for hydroxylation is 1. The minimum absolute atomic E-state index is 0.142. The lowest BCUT2D eigenvalue weighted by Gasteiger charge is -2.26. The van der Waals surface area contributed by atoms with Crippen LogP contribution in [0.15, 0.2) is 55.4 Å². The molecule has 140 valence electrons. The summed E-state index contributed by atoms with van der Waals surface area (Å²) in [6, 6.07) is 8.09. The van der Waals surface area contributed by atoms with E-state index in [2.05, 4.69) is 26.3 Å². The number of aromatic nitrogens is 3. The van der Waals surface area contributed by atoms with Crippen LogP contribution in [0.4, 0.5) is 5.69 Å². The van der Waals surface area contributed by atoms with Crippen LogP contribution in [0.3, 0.4) is 0 Å². The van der Waals surface area contributed by atoms with Gasteiger partial charge in [-0.1, -0.05) is 6.07 Å². The molecule has 4 rings (SSSR count). The number of hydrogen-bond donors (Lipinski definition) is 1. The number of anilines is 1. The standard InChI is InChI=1S/C21H19N5O2/c1-26-19-4-2-15(7-16(19)3-5-20(26)27)17-6-14(8-22-10-17)9-25-21(28)18-11-23-13-24-12-18/h2,4,6-8,10-13H,3,5,9H2,1H3,(H,25,28). The third-order valence-electron chi connectivity index (χ3n) is 4.83. The van der Waals surface area contributed by atoms with Gasteiger partial charge in [0.25, 0.3) is 5.91 Å². The highest BCUT2D eigenvalue weighted by molar-refractivity contribution is 5.96. The number of amides is 2. The zero-order valence-electron chi connectivity index (χ0n) is 15.4. The Morgan fingerprint density at radius 2 is 1.86 bits per heavy atom. The summed E-state index contributed by atoms with van der Waals surface area (Å²) in [7, 11) is 1.81. The van der Waals surface area contributed by atoms with Gasteiger partial charge in [-0.2, -0.15) is 0 Å². The quantitative estimate of drug-likeness (QED) is 0.759. The molecular weight excluding hydrogens is 354 g/mol. The molecule has 0 radical (unpaired) electrons. The van der Waals surface area contributed by atoms with Gasteiger partial charge in [0.15, 0.2) is 0 Å². The first-order valence-electron chi connectivity index (χ1n) is 8.99. The Bertz CT molecular complexity index is 1040. The van der Waals surface area contributed by atoms with Crippen LogP contribution in [-0.4, -0.2) is 33.8 Å². The molecule has 28 heavy (non-hydrogen) atoms. The van der Waals surface area contributed by atoms with Gasteiger partial charge in [0.1, 0.15) is 6.33 Å². The lowest BCUT2D eigenvalue weighted by atomic mass is 9.96. The molecule has 3 aromatic rings. The average molecular weight is 373 g/mol. The van der Waals surface area contributed by atoms with Crippen molar-refractivity contribution >= 4 is 17.5 Å². The monoisotopic (exact) mass is 373 g/mol. The highest BCUT2D eigenvalue weighted by Gasteiger charge is 2.21. The summed E-state index contributed by atoms with van der Waals surface area (Å²) in [6.45, 7) is 0.358. The summed E-state index contributed by atoms with van der Waals surface area (Å²) in [6.07, 6.45) is 9.15. The van der Waals surface area contributed by atoms with Gasteiger partial charge in [-0.3, -0.25) is 14.6 Å². The fourth-order valence-corrected chi connectivity index (χ4v) is 3.28. The molecule has 0 saturated heterocycles. The molecule has 0 saturated carbocycles. The number of carbonyl (C=O) groups excluding carboxylic acids is 2. The number of nitrogens with one attached hydrogen (secondary N) is 1. The molecule has 0 spiro atoms. The summed E-state index contributed by atoms with van der Waals surface area (Å²) in [4.78, 5) is 37.7. The Morgan fingerprint density at radius 1 is 1.04 bits per heavy atom. The summed E-state index contributed by atoms with van der Waals surface area (Å²) >= 11 is 0. The van der Waals surface area contributed by atoms with Gasteiger partial charge in [0.05, 0.1) is 5.56 Å². The SMILES string of the molecule is CN1C(=O)CCc2cc(-c3cncc(CNC(=O)c4cncnc4)c3)ccc21. The van der Waals surface area contributed by atoms with Crippen molar-refractivity contribution in [3.8, 4) is 11.1 Å². The second-order valence-electron chi connectivity index (χ2n) is 6.69. The fraction of sp³-hybridized carbons (Fsp3) is 0.190. The van der Waals surface area contributed by atoms with Crippen LogP contribution < -0.4 is 10.2 Å². The Balaban J connectivity index is 1.51. The van der Waals surface area contributed by atoms with Gasteiger partial charge in [0, 0.05) is 56.1 Å². The summed E-state index contributed by atoms with van der Waals surface area (Å²) in [5.41, 5.74) is 5.44. The summed E-state index contributed by atoms with van der Waals surface area (Å²) in [5, 5.41) is 2.85. The largest absolute Gasteiger partial charge is 0.348 e. The zero-order chi connectivity index (χ0) is 19.5. The number of hydrogen-bond acceptors (Lipinski definition) is 5. The van der Waals surface area contributed by atoms with Crippen LogP contribution in [-0.2, 0) is 17.8 Å². The minimum Gasteiger partial charge on any atom is -0.348 e. The summed E-state index contributed by atoms with van der Waals surface area (Å²) < 4.78 is 0. The first kappa shape index (κ1) is 17.8. The van der Waals surface area contributed by atoms with Crippen molar-refractivity contribution in [3.05, 3.63) is 72.1 Å². The number of pyridine rings is 1. The second kappa shape index (κ2) is 7.56. The third-order valence-corrected chi connectivity index (χ3v) is 4.83. The van der Waals surface area contributed by atoms with E-state index in [0.717, 1.165) is 34.4 Å². The van der Waals surface area contributed by atoms with Crippen molar-refractivity contribution in [1.82, 2.24) is 20.3 Å². The van der Waals surface area contributed by atoms with Crippen molar-refractivity contribution in [2.75, 3.05) is 11.9 Å². The van der Waals surface area contributed by atoms with E-state index < -0.39 is 0 Å². The van der Waals surface area contributed by atoms with Crippen molar-refractivity contribution < 1.29 is 9.59 Å². The molecule has 2 amide bonds. The Labute approximate surface area is 162 Å². The maximum absolute atomic E-state index is 12.1. The van der Waals surface area contributed by atoms with E-state index in [9.17, 15) is 9.59 Å². The predicted octanol–water partition coefficient (Wildman–Crippen LogP) is 2.38. The Hall–Kier alpha value is -3.61. The lowest BCUT2D eigenvalue weighted by Crippen LogP contribution is -2.30. The third kappa shape index (κ3) is 3.59. The molecular formula is C21H19N5O2. The number of benzene rings is 1. The topological polar surface area (TPSA) is 88.1 Å². The fourth-order valence-electron chi connectivity index (χ4n) is 3.28.